The van der Waals surface area contributed by atoms with Gasteiger partial charge >= 0.3 is 0 Å². The zero-order valence-electron chi connectivity index (χ0n) is 15.0. The highest BCUT2D eigenvalue weighted by molar-refractivity contribution is 7.17. The first-order chi connectivity index (χ1) is 13.3. The molecule has 0 aliphatic carbocycles. The van der Waals surface area contributed by atoms with E-state index in [9.17, 15) is 0 Å². The van der Waals surface area contributed by atoms with Gasteiger partial charge in [0.2, 0.25) is 4.96 Å². The van der Waals surface area contributed by atoms with Gasteiger partial charge in [0.05, 0.1) is 14.2 Å². The summed E-state index contributed by atoms with van der Waals surface area (Å²) in [5.41, 5.74) is 2.19. The first-order valence-corrected chi connectivity index (χ1v) is 9.23. The monoisotopic (exact) mass is 378 g/mol. The van der Waals surface area contributed by atoms with Crippen molar-refractivity contribution in [1.82, 2.24) is 19.8 Å². The van der Waals surface area contributed by atoms with Crippen molar-refractivity contribution in [3.63, 3.8) is 0 Å². The predicted octanol–water partition coefficient (Wildman–Crippen LogP) is 3.96. The Labute approximate surface area is 160 Å². The van der Waals surface area contributed by atoms with Crippen LogP contribution in [0.2, 0.25) is 0 Å². The fourth-order valence-electron chi connectivity index (χ4n) is 2.75. The molecule has 0 spiro atoms. The number of fused-ring (bicyclic) bond motifs is 1. The molecule has 0 aliphatic rings. The maximum absolute atomic E-state index is 5.37. The van der Waals surface area contributed by atoms with Crippen LogP contribution in [0.25, 0.3) is 17.1 Å². The Morgan fingerprint density at radius 2 is 1.78 bits per heavy atom. The van der Waals surface area contributed by atoms with Crippen LogP contribution in [0.15, 0.2) is 48.5 Å². The third-order valence-electron chi connectivity index (χ3n) is 4.10. The summed E-state index contributed by atoms with van der Waals surface area (Å²) in [7, 11) is 3.25. The number of hydrogen-bond acceptors (Lipinski definition) is 6. The summed E-state index contributed by atoms with van der Waals surface area (Å²) in [5, 5.41) is 14.0. The molecule has 7 heteroatoms. The molecule has 6 nitrogen and oxygen atoms in total. The van der Waals surface area contributed by atoms with Crippen LogP contribution in [0.4, 0.5) is 0 Å². The van der Waals surface area contributed by atoms with E-state index in [0.717, 1.165) is 26.9 Å². The normalized spacial score (nSPS) is 11.3. The average Bonchev–Trinajstić information content (AvgIpc) is 3.28. The minimum atomic E-state index is 0.604. The van der Waals surface area contributed by atoms with Gasteiger partial charge in [-0.15, -0.1) is 10.2 Å². The van der Waals surface area contributed by atoms with E-state index in [4.69, 9.17) is 9.47 Å². The summed E-state index contributed by atoms with van der Waals surface area (Å²) in [6.45, 7) is 0. The minimum absolute atomic E-state index is 0.604. The third-order valence-corrected chi connectivity index (χ3v) is 4.96. The van der Waals surface area contributed by atoms with E-state index in [1.165, 1.54) is 11.3 Å². The maximum Gasteiger partial charge on any atom is 0.234 e. The highest BCUT2D eigenvalue weighted by Gasteiger charge is 2.12. The van der Waals surface area contributed by atoms with Gasteiger partial charge in [0.1, 0.15) is 5.01 Å². The molecule has 2 heterocycles. The summed E-state index contributed by atoms with van der Waals surface area (Å²) in [5.74, 6) is 2.18. The molecule has 0 fully saturated rings. The smallest absolute Gasteiger partial charge is 0.234 e. The van der Waals surface area contributed by atoms with Gasteiger partial charge in [-0.1, -0.05) is 53.8 Å². The topological polar surface area (TPSA) is 61.5 Å². The number of hydrogen-bond donors (Lipinski definition) is 0. The van der Waals surface area contributed by atoms with Crippen LogP contribution in [0.1, 0.15) is 22.0 Å². The van der Waals surface area contributed by atoms with Gasteiger partial charge in [-0.2, -0.15) is 9.61 Å². The van der Waals surface area contributed by atoms with Gasteiger partial charge in [0.25, 0.3) is 0 Å². The van der Waals surface area contributed by atoms with Crippen LogP contribution >= 0.6 is 11.3 Å². The second kappa shape index (κ2) is 7.59. The van der Waals surface area contributed by atoms with Crippen LogP contribution in [-0.4, -0.2) is 34.0 Å². The first-order valence-electron chi connectivity index (χ1n) is 8.42. The van der Waals surface area contributed by atoms with E-state index < -0.39 is 0 Å². The van der Waals surface area contributed by atoms with E-state index in [2.05, 4.69) is 27.4 Å². The van der Waals surface area contributed by atoms with Gasteiger partial charge in [-0.25, -0.2) is 0 Å². The zero-order chi connectivity index (χ0) is 18.6. The van der Waals surface area contributed by atoms with Gasteiger partial charge in [-0.05, 0) is 29.3 Å². The molecule has 0 atom stereocenters. The molecular formula is C20H18N4O2S. The van der Waals surface area contributed by atoms with E-state index in [-0.39, 0.29) is 0 Å². The fraction of sp³-hybridized carbons (Fsp3) is 0.150. The summed E-state index contributed by atoms with van der Waals surface area (Å²) in [4.78, 5) is 0.776. The zero-order valence-corrected chi connectivity index (χ0v) is 15.8. The van der Waals surface area contributed by atoms with Crippen molar-refractivity contribution >= 4 is 28.4 Å². The molecule has 4 rings (SSSR count). The summed E-state index contributed by atoms with van der Waals surface area (Å²) < 4.78 is 12.5. The van der Waals surface area contributed by atoms with Gasteiger partial charge < -0.3 is 9.47 Å². The quantitative estimate of drug-likeness (QED) is 0.508. The summed E-state index contributed by atoms with van der Waals surface area (Å²) in [6.07, 6.45) is 4.64. The molecule has 27 heavy (non-hydrogen) atoms. The highest BCUT2D eigenvalue weighted by Crippen LogP contribution is 2.28. The highest BCUT2D eigenvalue weighted by atomic mass is 32.1. The van der Waals surface area contributed by atoms with Crippen LogP contribution in [-0.2, 0) is 6.42 Å². The lowest BCUT2D eigenvalue weighted by atomic mass is 10.1. The third kappa shape index (κ3) is 3.68. The molecule has 2 aromatic heterocycles. The van der Waals surface area contributed by atoms with Crippen molar-refractivity contribution in [3.05, 3.63) is 70.5 Å². The molecule has 0 radical (unpaired) electrons. The number of benzene rings is 2. The Kier molecular flexibility index (Phi) is 4.84. The van der Waals surface area contributed by atoms with E-state index in [1.54, 1.807) is 18.7 Å². The molecule has 4 aromatic rings. The molecule has 0 N–H and O–H groups in total. The number of ether oxygens (including phenoxy) is 2. The van der Waals surface area contributed by atoms with Crippen LogP contribution in [0, 0.1) is 0 Å². The van der Waals surface area contributed by atoms with Gasteiger partial charge in [0, 0.05) is 6.42 Å². The van der Waals surface area contributed by atoms with Gasteiger partial charge in [0.15, 0.2) is 17.3 Å². The van der Waals surface area contributed by atoms with E-state index in [1.807, 2.05) is 48.6 Å². The number of nitrogens with zero attached hydrogens (tertiary/aromatic N) is 4. The van der Waals surface area contributed by atoms with Crippen molar-refractivity contribution in [2.45, 2.75) is 6.42 Å². The summed E-state index contributed by atoms with van der Waals surface area (Å²) in [6, 6.07) is 16.0. The van der Waals surface area contributed by atoms with Crippen molar-refractivity contribution in [2.75, 3.05) is 14.2 Å². The predicted molar refractivity (Wildman–Crippen MR) is 106 cm³/mol. The second-order valence-corrected chi connectivity index (χ2v) is 6.85. The SMILES string of the molecule is COc1ccc(Cc2nnc3sc(C=Cc4ccccc4)nn23)cc1OC. The molecule has 0 saturated heterocycles. The van der Waals surface area contributed by atoms with Gasteiger partial charge in [-0.3, -0.25) is 0 Å². The van der Waals surface area contributed by atoms with Crippen LogP contribution in [0.5, 0.6) is 11.5 Å². The Balaban J connectivity index is 1.58. The van der Waals surface area contributed by atoms with E-state index in [0.29, 0.717) is 17.9 Å². The largest absolute Gasteiger partial charge is 0.493 e. The van der Waals surface area contributed by atoms with E-state index >= 15 is 0 Å². The molecule has 0 amide bonds. The Bertz CT molecular complexity index is 1090. The molecule has 0 unspecified atom stereocenters. The molecular weight excluding hydrogens is 360 g/mol. The molecule has 136 valence electrons. The standard InChI is InChI=1S/C20H18N4O2S/c1-25-16-10-8-15(12-17(16)26-2)13-18-21-22-20-24(18)23-19(27-20)11-9-14-6-4-3-5-7-14/h3-12H,13H2,1-2H3. The van der Waals surface area contributed by atoms with Crippen molar-refractivity contribution in [3.8, 4) is 11.5 Å². The molecule has 0 saturated carbocycles. The first kappa shape index (κ1) is 17.2. The van der Waals surface area contributed by atoms with Crippen molar-refractivity contribution in [1.29, 1.82) is 0 Å². The van der Waals surface area contributed by atoms with Crippen molar-refractivity contribution in [2.24, 2.45) is 0 Å². The lowest BCUT2D eigenvalue weighted by Gasteiger charge is -2.08. The Morgan fingerprint density at radius 1 is 0.963 bits per heavy atom. The molecule has 2 aromatic carbocycles. The second-order valence-electron chi connectivity index (χ2n) is 5.86. The Hall–Kier alpha value is -3.19. The Morgan fingerprint density at radius 3 is 2.56 bits per heavy atom. The van der Waals surface area contributed by atoms with Crippen molar-refractivity contribution < 1.29 is 9.47 Å². The maximum atomic E-state index is 5.37. The summed E-state index contributed by atoms with van der Waals surface area (Å²) >= 11 is 1.51. The number of aromatic nitrogens is 4. The number of rotatable bonds is 6. The number of methoxy groups -OCH3 is 2. The van der Waals surface area contributed by atoms with Crippen LogP contribution < -0.4 is 9.47 Å². The average molecular weight is 378 g/mol. The fourth-order valence-corrected chi connectivity index (χ4v) is 3.51. The molecule has 0 bridgehead atoms. The lowest BCUT2D eigenvalue weighted by Crippen LogP contribution is -1.99. The minimum Gasteiger partial charge on any atom is -0.493 e. The molecule has 0 aliphatic heterocycles. The van der Waals surface area contributed by atoms with Crippen LogP contribution in [0.3, 0.4) is 0 Å². The lowest BCUT2D eigenvalue weighted by molar-refractivity contribution is 0.354.